The van der Waals surface area contributed by atoms with Crippen molar-refractivity contribution in [2.75, 3.05) is 0 Å². The van der Waals surface area contributed by atoms with Gasteiger partial charge < -0.3 is 10.1 Å². The Bertz CT molecular complexity index is 726. The van der Waals surface area contributed by atoms with Crippen molar-refractivity contribution in [2.24, 2.45) is 0 Å². The molecule has 0 saturated carbocycles. The largest absolute Gasteiger partial charge is 0.445 e. The van der Waals surface area contributed by atoms with Crippen molar-refractivity contribution < 1.29 is 14.3 Å². The van der Waals surface area contributed by atoms with Crippen molar-refractivity contribution in [1.82, 2.24) is 5.32 Å². The number of alkyl carbamates (subject to hydrolysis) is 1. The Balaban J connectivity index is 2.12. The lowest BCUT2D eigenvalue weighted by Crippen LogP contribution is -2.30. The number of hydrogen-bond acceptors (Lipinski definition) is 3. The normalized spacial score (nSPS) is 12.3. The van der Waals surface area contributed by atoms with Crippen molar-refractivity contribution in [3.8, 4) is 0 Å². The van der Waals surface area contributed by atoms with Gasteiger partial charge in [-0.25, -0.2) is 4.79 Å². The van der Waals surface area contributed by atoms with Crippen molar-refractivity contribution in [2.45, 2.75) is 26.0 Å². The molecule has 130 valence electrons. The maximum Gasteiger partial charge on any atom is 0.408 e. The molecule has 1 atom stereocenters. The van der Waals surface area contributed by atoms with Gasteiger partial charge in [0.05, 0.1) is 6.04 Å². The summed E-state index contributed by atoms with van der Waals surface area (Å²) in [6.45, 7) is 2.11. The number of ether oxygens (including phenoxy) is 1. The second kappa shape index (κ2) is 9.79. The molecule has 0 fully saturated rings. The standard InChI is InChI=1S/C20H20BrNO3/c1-2-6-17(13-23)19(16-9-11-18(21)12-10-16)22-20(24)25-14-15-7-4-3-5-8-15/h3-13,19H,2,14H2,1H3,(H,22,24)/b17-6+/t19-/m1/s1. The Labute approximate surface area is 156 Å². The highest BCUT2D eigenvalue weighted by molar-refractivity contribution is 9.10. The summed E-state index contributed by atoms with van der Waals surface area (Å²) in [6.07, 6.45) is 2.70. The number of carbonyl (C=O) groups is 2. The van der Waals surface area contributed by atoms with Crippen LogP contribution < -0.4 is 5.32 Å². The average molecular weight is 402 g/mol. The first-order valence-corrected chi connectivity index (χ1v) is 8.81. The maximum atomic E-state index is 12.2. The van der Waals surface area contributed by atoms with Crippen LogP contribution in [-0.4, -0.2) is 12.4 Å². The molecule has 25 heavy (non-hydrogen) atoms. The molecule has 0 bridgehead atoms. The van der Waals surface area contributed by atoms with E-state index in [0.717, 1.165) is 21.9 Å². The molecule has 1 amide bonds. The monoisotopic (exact) mass is 401 g/mol. The van der Waals surface area contributed by atoms with Gasteiger partial charge in [-0.3, -0.25) is 4.79 Å². The molecule has 4 nitrogen and oxygen atoms in total. The lowest BCUT2D eigenvalue weighted by Gasteiger charge is -2.19. The van der Waals surface area contributed by atoms with E-state index in [4.69, 9.17) is 4.74 Å². The molecule has 5 heteroatoms. The summed E-state index contributed by atoms with van der Waals surface area (Å²) in [5, 5.41) is 2.78. The number of amides is 1. The van der Waals surface area contributed by atoms with Gasteiger partial charge in [0.1, 0.15) is 12.9 Å². The van der Waals surface area contributed by atoms with Crippen molar-refractivity contribution in [3.63, 3.8) is 0 Å². The van der Waals surface area contributed by atoms with Crippen LogP contribution in [0.4, 0.5) is 4.79 Å². The summed E-state index contributed by atoms with van der Waals surface area (Å²) in [5.41, 5.74) is 2.21. The SMILES string of the molecule is CC/C=C(\C=O)[C@H](NC(=O)OCc1ccccc1)c1ccc(Br)cc1. The van der Waals surface area contributed by atoms with Gasteiger partial charge in [0, 0.05) is 10.0 Å². The van der Waals surface area contributed by atoms with Gasteiger partial charge in [-0.2, -0.15) is 0 Å². The highest BCUT2D eigenvalue weighted by Gasteiger charge is 2.19. The molecular formula is C20H20BrNO3. The second-order valence-corrected chi connectivity index (χ2v) is 6.34. The predicted octanol–water partition coefficient (Wildman–Crippen LogP) is 4.95. The zero-order chi connectivity index (χ0) is 18.1. The molecule has 0 heterocycles. The van der Waals surface area contributed by atoms with Crippen LogP contribution in [0.5, 0.6) is 0 Å². The van der Waals surface area contributed by atoms with Gasteiger partial charge in [-0.1, -0.05) is 71.4 Å². The average Bonchev–Trinajstić information content (AvgIpc) is 2.64. The van der Waals surface area contributed by atoms with E-state index in [1.54, 1.807) is 6.08 Å². The van der Waals surface area contributed by atoms with E-state index >= 15 is 0 Å². The summed E-state index contributed by atoms with van der Waals surface area (Å²) in [4.78, 5) is 23.7. The van der Waals surface area contributed by atoms with Crippen LogP contribution in [0.2, 0.25) is 0 Å². The van der Waals surface area contributed by atoms with Gasteiger partial charge in [-0.05, 0) is 29.7 Å². The van der Waals surface area contributed by atoms with Crippen LogP contribution in [0.3, 0.4) is 0 Å². The molecule has 0 aliphatic heterocycles. The first kappa shape index (κ1) is 18.9. The number of aldehydes is 1. The van der Waals surface area contributed by atoms with Crippen LogP contribution in [-0.2, 0) is 16.1 Å². The molecule has 0 aromatic heterocycles. The minimum absolute atomic E-state index is 0.174. The van der Waals surface area contributed by atoms with Gasteiger partial charge in [0.25, 0.3) is 0 Å². The summed E-state index contributed by atoms with van der Waals surface area (Å²) in [6, 6.07) is 16.3. The van der Waals surface area contributed by atoms with E-state index < -0.39 is 12.1 Å². The fraction of sp³-hybridized carbons (Fsp3) is 0.200. The van der Waals surface area contributed by atoms with E-state index in [-0.39, 0.29) is 6.61 Å². The smallest absolute Gasteiger partial charge is 0.408 e. The number of carbonyl (C=O) groups excluding carboxylic acids is 2. The lowest BCUT2D eigenvalue weighted by atomic mass is 9.99. The van der Waals surface area contributed by atoms with Crippen molar-refractivity contribution in [1.29, 1.82) is 0 Å². The fourth-order valence-corrected chi connectivity index (χ4v) is 2.63. The number of nitrogens with one attached hydrogen (secondary N) is 1. The zero-order valence-electron chi connectivity index (χ0n) is 13.9. The van der Waals surface area contributed by atoms with E-state index in [9.17, 15) is 9.59 Å². The molecule has 0 aliphatic carbocycles. The van der Waals surface area contributed by atoms with Crippen molar-refractivity contribution in [3.05, 3.63) is 81.8 Å². The Morgan fingerprint density at radius 1 is 1.16 bits per heavy atom. The molecule has 2 rings (SSSR count). The molecule has 0 unspecified atom stereocenters. The second-order valence-electron chi connectivity index (χ2n) is 5.42. The number of allylic oxidation sites excluding steroid dienone is 1. The topological polar surface area (TPSA) is 55.4 Å². The zero-order valence-corrected chi connectivity index (χ0v) is 15.5. The minimum Gasteiger partial charge on any atom is -0.445 e. The van der Waals surface area contributed by atoms with Gasteiger partial charge in [0.15, 0.2) is 0 Å². The summed E-state index contributed by atoms with van der Waals surface area (Å²) >= 11 is 3.38. The molecule has 0 aliphatic rings. The molecule has 0 saturated heterocycles. The summed E-state index contributed by atoms with van der Waals surface area (Å²) < 4.78 is 6.20. The van der Waals surface area contributed by atoms with E-state index in [2.05, 4.69) is 21.2 Å². The highest BCUT2D eigenvalue weighted by Crippen LogP contribution is 2.23. The Morgan fingerprint density at radius 3 is 2.44 bits per heavy atom. The summed E-state index contributed by atoms with van der Waals surface area (Å²) in [5.74, 6) is 0. The third kappa shape index (κ3) is 5.87. The molecular weight excluding hydrogens is 382 g/mol. The first-order chi connectivity index (χ1) is 12.1. The Hall–Kier alpha value is -2.40. The van der Waals surface area contributed by atoms with Gasteiger partial charge in [-0.15, -0.1) is 0 Å². The molecule has 2 aromatic carbocycles. The van der Waals surface area contributed by atoms with E-state index in [0.29, 0.717) is 12.0 Å². The van der Waals surface area contributed by atoms with E-state index in [1.807, 2.05) is 61.5 Å². The number of benzene rings is 2. The third-order valence-corrected chi connectivity index (χ3v) is 4.12. The number of halogens is 1. The molecule has 2 aromatic rings. The first-order valence-electron chi connectivity index (χ1n) is 8.02. The number of hydrogen-bond donors (Lipinski definition) is 1. The molecule has 0 radical (unpaired) electrons. The summed E-state index contributed by atoms with van der Waals surface area (Å²) in [7, 11) is 0. The molecule has 0 spiro atoms. The quantitative estimate of drug-likeness (QED) is 0.527. The highest BCUT2D eigenvalue weighted by atomic mass is 79.9. The van der Waals surface area contributed by atoms with Crippen LogP contribution in [0.15, 0.2) is 70.7 Å². The minimum atomic E-state index is -0.569. The Kier molecular flexibility index (Phi) is 7.41. The fourth-order valence-electron chi connectivity index (χ4n) is 2.37. The van der Waals surface area contributed by atoms with Crippen LogP contribution in [0, 0.1) is 0 Å². The predicted molar refractivity (Wildman–Crippen MR) is 101 cm³/mol. The van der Waals surface area contributed by atoms with Crippen LogP contribution >= 0.6 is 15.9 Å². The number of rotatable bonds is 7. The van der Waals surface area contributed by atoms with Crippen LogP contribution in [0.1, 0.15) is 30.5 Å². The lowest BCUT2D eigenvalue weighted by molar-refractivity contribution is -0.105. The van der Waals surface area contributed by atoms with Gasteiger partial charge >= 0.3 is 6.09 Å². The Morgan fingerprint density at radius 2 is 1.84 bits per heavy atom. The van der Waals surface area contributed by atoms with E-state index in [1.165, 1.54) is 0 Å². The third-order valence-electron chi connectivity index (χ3n) is 3.59. The van der Waals surface area contributed by atoms with Gasteiger partial charge in [0.2, 0.25) is 0 Å². The maximum absolute atomic E-state index is 12.2. The molecule has 1 N–H and O–H groups in total. The van der Waals surface area contributed by atoms with Crippen molar-refractivity contribution >= 4 is 28.3 Å². The van der Waals surface area contributed by atoms with Crippen LogP contribution in [0.25, 0.3) is 0 Å².